The number of aromatic carboxylic acids is 1. The summed E-state index contributed by atoms with van der Waals surface area (Å²) in [4.78, 5) is 13.6. The first-order chi connectivity index (χ1) is 5.97. The first-order valence-electron chi connectivity index (χ1n) is 3.39. The molecule has 1 aromatic heterocycles. The van der Waals surface area contributed by atoms with Gasteiger partial charge in [0.25, 0.3) is 0 Å². The van der Waals surface area contributed by atoms with Gasteiger partial charge in [0, 0.05) is 0 Å². The molecule has 0 unspecified atom stereocenters. The number of hydrogen-bond donors (Lipinski definition) is 1. The molecule has 1 heterocycles. The molecule has 72 valence electrons. The van der Waals surface area contributed by atoms with Crippen LogP contribution in [0.3, 0.4) is 0 Å². The van der Waals surface area contributed by atoms with Gasteiger partial charge < -0.3 is 9.52 Å². The summed E-state index contributed by atoms with van der Waals surface area (Å²) in [5.74, 6) is -1.49. The summed E-state index contributed by atoms with van der Waals surface area (Å²) in [7, 11) is -3.55. The van der Waals surface area contributed by atoms with Gasteiger partial charge in [-0.05, 0) is 0 Å². The number of hydrogen-bond acceptors (Lipinski definition) is 5. The second kappa shape index (κ2) is 3.17. The van der Waals surface area contributed by atoms with Crippen molar-refractivity contribution in [2.75, 3.05) is 5.75 Å². The van der Waals surface area contributed by atoms with E-state index in [4.69, 9.17) is 5.11 Å². The molecule has 0 aliphatic rings. The average Bonchev–Trinajstić information content (AvgIpc) is 2.52. The average molecular weight is 205 g/mol. The lowest BCUT2D eigenvalue weighted by Crippen LogP contribution is -2.05. The molecule has 1 aromatic rings. The number of sulfone groups is 1. The van der Waals surface area contributed by atoms with E-state index in [0.717, 1.165) is 6.26 Å². The lowest BCUT2D eigenvalue weighted by atomic mass is 10.5. The van der Waals surface area contributed by atoms with Gasteiger partial charge in [-0.2, -0.15) is 4.98 Å². The van der Waals surface area contributed by atoms with Gasteiger partial charge in [0.1, 0.15) is 6.26 Å². The van der Waals surface area contributed by atoms with Gasteiger partial charge in [-0.3, -0.25) is 0 Å². The Morgan fingerprint density at radius 3 is 2.69 bits per heavy atom. The van der Waals surface area contributed by atoms with Crippen LogP contribution in [0.5, 0.6) is 0 Å². The predicted molar refractivity (Wildman–Crippen MR) is 41.2 cm³/mol. The van der Waals surface area contributed by atoms with Crippen molar-refractivity contribution in [2.24, 2.45) is 0 Å². The van der Waals surface area contributed by atoms with Crippen LogP contribution >= 0.6 is 0 Å². The van der Waals surface area contributed by atoms with Gasteiger partial charge >= 0.3 is 11.2 Å². The van der Waals surface area contributed by atoms with E-state index in [9.17, 15) is 13.2 Å². The van der Waals surface area contributed by atoms with Crippen molar-refractivity contribution in [1.82, 2.24) is 4.98 Å². The molecule has 0 fully saturated rings. The van der Waals surface area contributed by atoms with Gasteiger partial charge in [0.05, 0.1) is 5.75 Å². The highest BCUT2D eigenvalue weighted by Gasteiger charge is 2.20. The third-order valence-electron chi connectivity index (χ3n) is 1.35. The molecule has 0 aliphatic heterocycles. The van der Waals surface area contributed by atoms with E-state index in [1.165, 1.54) is 6.92 Å². The molecular formula is C6H7NO5S. The van der Waals surface area contributed by atoms with E-state index >= 15 is 0 Å². The number of carboxylic acid groups (broad SMARTS) is 1. The van der Waals surface area contributed by atoms with Crippen LogP contribution in [0.2, 0.25) is 0 Å². The largest absolute Gasteiger partial charge is 0.476 e. The SMILES string of the molecule is CCS(=O)(=O)c1nc(C(=O)O)co1. The van der Waals surface area contributed by atoms with Crippen LogP contribution in [0.1, 0.15) is 17.4 Å². The van der Waals surface area contributed by atoms with Gasteiger partial charge in [-0.25, -0.2) is 13.2 Å². The molecule has 0 atom stereocenters. The number of aromatic nitrogens is 1. The van der Waals surface area contributed by atoms with Crippen LogP contribution in [0.15, 0.2) is 15.9 Å². The maximum atomic E-state index is 11.1. The summed E-state index contributed by atoms with van der Waals surface area (Å²) in [6, 6.07) is 0. The van der Waals surface area contributed by atoms with E-state index in [0.29, 0.717) is 0 Å². The molecule has 0 saturated heterocycles. The molecule has 0 bridgehead atoms. The van der Waals surface area contributed by atoms with Crippen molar-refractivity contribution < 1.29 is 22.7 Å². The van der Waals surface area contributed by atoms with E-state index < -0.39 is 26.7 Å². The molecule has 0 amide bonds. The predicted octanol–water partition coefficient (Wildman–Crippen LogP) is 0.166. The van der Waals surface area contributed by atoms with Gasteiger partial charge in [0.2, 0.25) is 9.84 Å². The molecule has 0 aromatic carbocycles. The zero-order valence-electron chi connectivity index (χ0n) is 6.72. The quantitative estimate of drug-likeness (QED) is 0.755. The monoisotopic (exact) mass is 205 g/mol. The third kappa shape index (κ3) is 1.86. The minimum absolute atomic E-state index is 0.174. The molecular weight excluding hydrogens is 198 g/mol. The standard InChI is InChI=1S/C6H7NO5S/c1-2-13(10,11)6-7-4(3-12-6)5(8)9/h3H,2H2,1H3,(H,8,9). The van der Waals surface area contributed by atoms with Gasteiger partial charge in [0.15, 0.2) is 5.69 Å². The fraction of sp³-hybridized carbons (Fsp3) is 0.333. The highest BCUT2D eigenvalue weighted by molar-refractivity contribution is 7.91. The molecule has 0 saturated carbocycles. The Balaban J connectivity index is 3.13. The topological polar surface area (TPSA) is 97.5 Å². The maximum absolute atomic E-state index is 11.1. The van der Waals surface area contributed by atoms with Crippen LogP contribution in [0, 0.1) is 0 Å². The van der Waals surface area contributed by atoms with Crippen molar-refractivity contribution in [1.29, 1.82) is 0 Å². The number of nitrogens with zero attached hydrogens (tertiary/aromatic N) is 1. The highest BCUT2D eigenvalue weighted by atomic mass is 32.2. The molecule has 1 rings (SSSR count). The first-order valence-corrected chi connectivity index (χ1v) is 5.04. The summed E-state index contributed by atoms with van der Waals surface area (Å²) in [6.45, 7) is 1.42. The minimum Gasteiger partial charge on any atom is -0.476 e. The number of oxazole rings is 1. The van der Waals surface area contributed by atoms with Gasteiger partial charge in [-0.1, -0.05) is 6.92 Å². The van der Waals surface area contributed by atoms with Crippen molar-refractivity contribution in [2.45, 2.75) is 12.1 Å². The van der Waals surface area contributed by atoms with Crippen LogP contribution < -0.4 is 0 Å². The maximum Gasteiger partial charge on any atom is 0.357 e. The Morgan fingerprint density at radius 2 is 2.31 bits per heavy atom. The van der Waals surface area contributed by atoms with Crippen molar-refractivity contribution in [3.63, 3.8) is 0 Å². The van der Waals surface area contributed by atoms with E-state index in [2.05, 4.69) is 9.40 Å². The minimum atomic E-state index is -3.55. The van der Waals surface area contributed by atoms with E-state index in [1.54, 1.807) is 0 Å². The zero-order chi connectivity index (χ0) is 10.1. The van der Waals surface area contributed by atoms with Crippen LogP contribution in [0.4, 0.5) is 0 Å². The number of carbonyl (C=O) groups is 1. The Labute approximate surface area is 74.1 Å². The molecule has 0 radical (unpaired) electrons. The molecule has 1 N–H and O–H groups in total. The van der Waals surface area contributed by atoms with Crippen molar-refractivity contribution in [3.05, 3.63) is 12.0 Å². The summed E-state index contributed by atoms with van der Waals surface area (Å²) in [5, 5.41) is 7.87. The smallest absolute Gasteiger partial charge is 0.357 e. The summed E-state index contributed by atoms with van der Waals surface area (Å²) in [5.41, 5.74) is -0.410. The Morgan fingerprint density at radius 1 is 1.69 bits per heavy atom. The van der Waals surface area contributed by atoms with Crippen LogP contribution in [-0.4, -0.2) is 30.2 Å². The third-order valence-corrected chi connectivity index (χ3v) is 2.83. The van der Waals surface area contributed by atoms with E-state index in [1.807, 2.05) is 0 Å². The lowest BCUT2D eigenvalue weighted by Gasteiger charge is -1.90. The Kier molecular flexibility index (Phi) is 2.37. The Bertz CT molecular complexity index is 418. The molecule has 13 heavy (non-hydrogen) atoms. The van der Waals surface area contributed by atoms with Crippen molar-refractivity contribution in [3.8, 4) is 0 Å². The fourth-order valence-corrected chi connectivity index (χ4v) is 1.30. The number of rotatable bonds is 3. The number of carboxylic acids is 1. The normalized spacial score (nSPS) is 11.5. The molecule has 0 spiro atoms. The summed E-state index contributed by atoms with van der Waals surface area (Å²) in [6.07, 6.45) is 0.797. The molecule has 7 heteroatoms. The fourth-order valence-electron chi connectivity index (χ4n) is 0.622. The second-order valence-corrected chi connectivity index (χ2v) is 4.36. The summed E-state index contributed by atoms with van der Waals surface area (Å²) < 4.78 is 26.7. The lowest BCUT2D eigenvalue weighted by molar-refractivity contribution is 0.0690. The van der Waals surface area contributed by atoms with E-state index in [-0.39, 0.29) is 5.75 Å². The molecule has 0 aliphatic carbocycles. The highest BCUT2D eigenvalue weighted by Crippen LogP contribution is 2.10. The van der Waals surface area contributed by atoms with Gasteiger partial charge in [-0.15, -0.1) is 0 Å². The molecule has 6 nitrogen and oxygen atoms in total. The second-order valence-electron chi connectivity index (χ2n) is 2.21. The Hall–Kier alpha value is -1.37. The first kappa shape index (κ1) is 9.72. The van der Waals surface area contributed by atoms with Crippen molar-refractivity contribution >= 4 is 15.8 Å². The van der Waals surface area contributed by atoms with Crippen LogP contribution in [-0.2, 0) is 9.84 Å². The zero-order valence-corrected chi connectivity index (χ0v) is 7.54. The van der Waals surface area contributed by atoms with Crippen LogP contribution in [0.25, 0.3) is 0 Å². The summed E-state index contributed by atoms with van der Waals surface area (Å²) >= 11 is 0.